The number of carbonyl (C=O) groups is 1. The fourth-order valence-corrected chi connectivity index (χ4v) is 2.00. The lowest BCUT2D eigenvalue weighted by atomic mass is 10.2. The number of nitrogens with one attached hydrogen (secondary N) is 2. The van der Waals surface area contributed by atoms with E-state index in [0.717, 1.165) is 30.9 Å². The molecule has 0 unspecified atom stereocenters. The van der Waals surface area contributed by atoms with E-state index >= 15 is 0 Å². The highest BCUT2D eigenvalue weighted by molar-refractivity contribution is 5.90. The highest BCUT2D eigenvalue weighted by Crippen LogP contribution is 2.17. The van der Waals surface area contributed by atoms with Gasteiger partial charge in [-0.15, -0.1) is 0 Å². The van der Waals surface area contributed by atoms with Crippen LogP contribution >= 0.6 is 0 Å². The molecule has 1 aromatic carbocycles. The third kappa shape index (κ3) is 5.59. The van der Waals surface area contributed by atoms with Crippen molar-refractivity contribution in [3.63, 3.8) is 0 Å². The van der Waals surface area contributed by atoms with E-state index in [-0.39, 0.29) is 12.5 Å². The summed E-state index contributed by atoms with van der Waals surface area (Å²) < 4.78 is 0. The first-order valence-corrected chi connectivity index (χ1v) is 7.11. The molecule has 1 rings (SSSR count). The number of anilines is 2. The predicted octanol–water partition coefficient (Wildman–Crippen LogP) is 1.44. The number of carbonyl (C=O) groups excluding carboxylic acids is 1. The van der Waals surface area contributed by atoms with Crippen LogP contribution in [0.2, 0.25) is 0 Å². The van der Waals surface area contributed by atoms with Crippen molar-refractivity contribution in [2.45, 2.75) is 19.8 Å². The van der Waals surface area contributed by atoms with Gasteiger partial charge in [0.15, 0.2) is 0 Å². The SMILES string of the molecule is CCN(CCO)c1ccc(NC(=O)CCCNC)cc1. The lowest BCUT2D eigenvalue weighted by Gasteiger charge is -2.22. The molecular weight excluding hydrogens is 254 g/mol. The summed E-state index contributed by atoms with van der Waals surface area (Å²) in [5.41, 5.74) is 1.86. The average molecular weight is 279 g/mol. The lowest BCUT2D eigenvalue weighted by Crippen LogP contribution is -2.26. The Morgan fingerprint density at radius 1 is 1.30 bits per heavy atom. The van der Waals surface area contributed by atoms with E-state index in [4.69, 9.17) is 5.11 Å². The Bertz CT molecular complexity index is 393. The summed E-state index contributed by atoms with van der Waals surface area (Å²) in [6.45, 7) is 4.49. The minimum absolute atomic E-state index is 0.0377. The van der Waals surface area contributed by atoms with Crippen LogP contribution in [0, 0.1) is 0 Å². The van der Waals surface area contributed by atoms with Crippen molar-refractivity contribution in [3.05, 3.63) is 24.3 Å². The van der Waals surface area contributed by atoms with Gasteiger partial charge < -0.3 is 20.6 Å². The molecule has 3 N–H and O–H groups in total. The summed E-state index contributed by atoms with van der Waals surface area (Å²) >= 11 is 0. The number of aliphatic hydroxyl groups is 1. The summed E-state index contributed by atoms with van der Waals surface area (Å²) in [7, 11) is 1.88. The zero-order chi connectivity index (χ0) is 14.8. The summed E-state index contributed by atoms with van der Waals surface area (Å²) in [5, 5.41) is 14.9. The molecule has 0 atom stereocenters. The van der Waals surface area contributed by atoms with Gasteiger partial charge in [-0.2, -0.15) is 0 Å². The van der Waals surface area contributed by atoms with Gasteiger partial charge in [-0.25, -0.2) is 0 Å². The Morgan fingerprint density at radius 3 is 2.55 bits per heavy atom. The van der Waals surface area contributed by atoms with E-state index < -0.39 is 0 Å². The van der Waals surface area contributed by atoms with Gasteiger partial charge in [-0.05, 0) is 51.2 Å². The lowest BCUT2D eigenvalue weighted by molar-refractivity contribution is -0.116. The Balaban J connectivity index is 2.51. The van der Waals surface area contributed by atoms with Gasteiger partial charge in [0.25, 0.3) is 0 Å². The molecule has 0 aliphatic carbocycles. The Hall–Kier alpha value is -1.59. The van der Waals surface area contributed by atoms with Crippen LogP contribution in [0.15, 0.2) is 24.3 Å². The van der Waals surface area contributed by atoms with Gasteiger partial charge in [0.05, 0.1) is 6.61 Å². The van der Waals surface area contributed by atoms with Crippen LogP contribution < -0.4 is 15.5 Å². The van der Waals surface area contributed by atoms with E-state index in [1.165, 1.54) is 0 Å². The number of aliphatic hydroxyl groups excluding tert-OH is 1. The average Bonchev–Trinajstić information content (AvgIpc) is 2.46. The second kappa shape index (κ2) is 9.34. The van der Waals surface area contributed by atoms with Crippen molar-refractivity contribution < 1.29 is 9.90 Å². The molecule has 0 heterocycles. The van der Waals surface area contributed by atoms with E-state index in [9.17, 15) is 4.79 Å². The highest BCUT2D eigenvalue weighted by atomic mass is 16.3. The molecule has 0 aliphatic rings. The minimum Gasteiger partial charge on any atom is -0.395 e. The second-order valence-electron chi connectivity index (χ2n) is 4.61. The quantitative estimate of drug-likeness (QED) is 0.599. The van der Waals surface area contributed by atoms with Gasteiger partial charge in [-0.3, -0.25) is 4.79 Å². The number of likely N-dealkylation sites (N-methyl/N-ethyl adjacent to an activating group) is 1. The summed E-state index contributed by atoms with van der Waals surface area (Å²) in [6.07, 6.45) is 1.36. The molecule has 0 bridgehead atoms. The summed E-state index contributed by atoms with van der Waals surface area (Å²) in [4.78, 5) is 13.8. The van der Waals surface area contributed by atoms with Crippen molar-refractivity contribution >= 4 is 17.3 Å². The number of amides is 1. The maximum atomic E-state index is 11.7. The number of hydrogen-bond donors (Lipinski definition) is 3. The van der Waals surface area contributed by atoms with Crippen LogP contribution in [-0.2, 0) is 4.79 Å². The molecule has 112 valence electrons. The van der Waals surface area contributed by atoms with Crippen LogP contribution in [0.3, 0.4) is 0 Å². The van der Waals surface area contributed by atoms with E-state index in [0.29, 0.717) is 13.0 Å². The maximum absolute atomic E-state index is 11.7. The molecule has 0 aliphatic heterocycles. The standard InChI is InChI=1S/C15H25N3O2/c1-3-18(11-12-19)14-8-6-13(7-9-14)17-15(20)5-4-10-16-2/h6-9,16,19H,3-5,10-12H2,1-2H3,(H,17,20). The molecule has 0 spiro atoms. The van der Waals surface area contributed by atoms with Gasteiger partial charge >= 0.3 is 0 Å². The number of nitrogens with zero attached hydrogens (tertiary/aromatic N) is 1. The highest BCUT2D eigenvalue weighted by Gasteiger charge is 2.05. The molecular formula is C15H25N3O2. The van der Waals surface area contributed by atoms with Crippen molar-refractivity contribution in [2.75, 3.05) is 43.5 Å². The molecule has 0 fully saturated rings. The van der Waals surface area contributed by atoms with Crippen LogP contribution in [0.4, 0.5) is 11.4 Å². The molecule has 1 amide bonds. The third-order valence-corrected chi connectivity index (χ3v) is 3.10. The molecule has 0 radical (unpaired) electrons. The first kappa shape index (κ1) is 16.5. The Kier molecular flexibility index (Phi) is 7.69. The molecule has 20 heavy (non-hydrogen) atoms. The van der Waals surface area contributed by atoms with E-state index in [1.54, 1.807) is 0 Å². The minimum atomic E-state index is 0.0377. The third-order valence-electron chi connectivity index (χ3n) is 3.10. The topological polar surface area (TPSA) is 64.6 Å². The summed E-state index contributed by atoms with van der Waals surface area (Å²) in [6, 6.07) is 7.71. The van der Waals surface area contributed by atoms with Gasteiger partial charge in [0, 0.05) is 30.9 Å². The second-order valence-corrected chi connectivity index (χ2v) is 4.61. The van der Waals surface area contributed by atoms with Crippen LogP contribution in [-0.4, -0.2) is 44.3 Å². The van der Waals surface area contributed by atoms with Crippen molar-refractivity contribution in [2.24, 2.45) is 0 Å². The number of hydrogen-bond acceptors (Lipinski definition) is 4. The molecule has 1 aromatic rings. The molecule has 5 heteroatoms. The zero-order valence-electron chi connectivity index (χ0n) is 12.4. The maximum Gasteiger partial charge on any atom is 0.224 e. The van der Waals surface area contributed by atoms with Crippen molar-refractivity contribution in [3.8, 4) is 0 Å². The molecule has 0 saturated heterocycles. The summed E-state index contributed by atoms with van der Waals surface area (Å²) in [5.74, 6) is 0.0377. The molecule has 0 saturated carbocycles. The smallest absolute Gasteiger partial charge is 0.224 e. The predicted molar refractivity (Wildman–Crippen MR) is 83.2 cm³/mol. The van der Waals surface area contributed by atoms with Crippen LogP contribution in [0.5, 0.6) is 0 Å². The van der Waals surface area contributed by atoms with Crippen molar-refractivity contribution in [1.29, 1.82) is 0 Å². The Morgan fingerprint density at radius 2 is 2.00 bits per heavy atom. The van der Waals surface area contributed by atoms with Crippen LogP contribution in [0.25, 0.3) is 0 Å². The van der Waals surface area contributed by atoms with Crippen LogP contribution in [0.1, 0.15) is 19.8 Å². The molecule has 0 aromatic heterocycles. The normalized spacial score (nSPS) is 10.3. The zero-order valence-corrected chi connectivity index (χ0v) is 12.4. The number of rotatable bonds is 9. The Labute approximate surface area is 121 Å². The first-order valence-electron chi connectivity index (χ1n) is 7.11. The first-order chi connectivity index (χ1) is 9.71. The fraction of sp³-hybridized carbons (Fsp3) is 0.533. The monoisotopic (exact) mass is 279 g/mol. The largest absolute Gasteiger partial charge is 0.395 e. The van der Waals surface area contributed by atoms with E-state index in [2.05, 4.69) is 15.5 Å². The fourth-order valence-electron chi connectivity index (χ4n) is 2.00. The van der Waals surface area contributed by atoms with Crippen molar-refractivity contribution in [1.82, 2.24) is 5.32 Å². The van der Waals surface area contributed by atoms with E-state index in [1.807, 2.05) is 38.2 Å². The van der Waals surface area contributed by atoms with Gasteiger partial charge in [-0.1, -0.05) is 0 Å². The molecule has 5 nitrogen and oxygen atoms in total. The van der Waals surface area contributed by atoms with Gasteiger partial charge in [0.2, 0.25) is 5.91 Å². The number of benzene rings is 1. The van der Waals surface area contributed by atoms with Gasteiger partial charge in [0.1, 0.15) is 0 Å².